The van der Waals surface area contributed by atoms with Gasteiger partial charge in [-0.2, -0.15) is 0 Å². The van der Waals surface area contributed by atoms with Crippen LogP contribution in [0.2, 0.25) is 0 Å². The Morgan fingerprint density at radius 3 is 2.13 bits per heavy atom. The molecule has 154 valence electrons. The molecule has 4 rings (SSSR count). The SMILES string of the molecule is NC(=O)C(c1ccccc1)(c1ccccc1)C1CCC(NCCc2ccccn2)C1. The first-order valence-electron chi connectivity index (χ1n) is 10.8. The molecule has 1 fully saturated rings. The van der Waals surface area contributed by atoms with Crippen LogP contribution >= 0.6 is 0 Å². The summed E-state index contributed by atoms with van der Waals surface area (Å²) in [5.41, 5.74) is 8.44. The zero-order chi connectivity index (χ0) is 20.8. The molecule has 1 aliphatic rings. The fourth-order valence-electron chi connectivity index (χ4n) is 5.04. The molecule has 1 saturated carbocycles. The molecule has 3 aromatic rings. The lowest BCUT2D eigenvalue weighted by Crippen LogP contribution is -2.48. The molecule has 0 radical (unpaired) electrons. The fraction of sp³-hybridized carbons (Fsp3) is 0.308. The normalized spacial score (nSPS) is 18.9. The first-order valence-corrected chi connectivity index (χ1v) is 10.8. The molecule has 2 atom stereocenters. The van der Waals surface area contributed by atoms with E-state index in [1.807, 2.05) is 79.0 Å². The van der Waals surface area contributed by atoms with Crippen molar-refractivity contribution >= 4 is 5.91 Å². The predicted molar refractivity (Wildman–Crippen MR) is 120 cm³/mol. The van der Waals surface area contributed by atoms with E-state index in [0.717, 1.165) is 49.0 Å². The van der Waals surface area contributed by atoms with Crippen molar-refractivity contribution in [3.05, 3.63) is 102 Å². The molecule has 1 heterocycles. The summed E-state index contributed by atoms with van der Waals surface area (Å²) in [7, 11) is 0. The van der Waals surface area contributed by atoms with E-state index >= 15 is 0 Å². The number of nitrogens with one attached hydrogen (secondary N) is 1. The van der Waals surface area contributed by atoms with Gasteiger partial charge in [-0.25, -0.2) is 0 Å². The highest BCUT2D eigenvalue weighted by Crippen LogP contribution is 2.46. The Balaban J connectivity index is 1.56. The highest BCUT2D eigenvalue weighted by Gasteiger charge is 2.49. The zero-order valence-electron chi connectivity index (χ0n) is 17.2. The van der Waals surface area contributed by atoms with Crippen molar-refractivity contribution in [1.82, 2.24) is 10.3 Å². The van der Waals surface area contributed by atoms with Gasteiger partial charge in [0.25, 0.3) is 0 Å². The molecular formula is C26H29N3O. The van der Waals surface area contributed by atoms with Gasteiger partial charge in [0.1, 0.15) is 5.41 Å². The van der Waals surface area contributed by atoms with E-state index in [2.05, 4.69) is 16.4 Å². The van der Waals surface area contributed by atoms with Crippen molar-refractivity contribution in [3.63, 3.8) is 0 Å². The third-order valence-electron chi connectivity index (χ3n) is 6.43. The van der Waals surface area contributed by atoms with Gasteiger partial charge in [-0.05, 0) is 48.4 Å². The Hall–Kier alpha value is -2.98. The van der Waals surface area contributed by atoms with Gasteiger partial charge in [0.15, 0.2) is 0 Å². The van der Waals surface area contributed by atoms with Crippen LogP contribution in [0.15, 0.2) is 85.1 Å². The monoisotopic (exact) mass is 399 g/mol. The minimum atomic E-state index is -0.806. The fourth-order valence-corrected chi connectivity index (χ4v) is 5.04. The summed E-state index contributed by atoms with van der Waals surface area (Å²) in [6.07, 6.45) is 5.67. The van der Waals surface area contributed by atoms with Crippen molar-refractivity contribution < 1.29 is 4.79 Å². The molecule has 0 spiro atoms. The number of pyridine rings is 1. The quantitative estimate of drug-likeness (QED) is 0.604. The van der Waals surface area contributed by atoms with Crippen LogP contribution in [-0.4, -0.2) is 23.5 Å². The Kier molecular flexibility index (Phi) is 6.24. The van der Waals surface area contributed by atoms with Gasteiger partial charge in [0, 0.05) is 30.9 Å². The molecule has 2 unspecified atom stereocenters. The van der Waals surface area contributed by atoms with E-state index in [4.69, 9.17) is 5.73 Å². The summed E-state index contributed by atoms with van der Waals surface area (Å²) in [5, 5.41) is 3.68. The number of nitrogens with zero attached hydrogens (tertiary/aromatic N) is 1. The average Bonchev–Trinajstić information content (AvgIpc) is 3.25. The van der Waals surface area contributed by atoms with Crippen LogP contribution in [0.4, 0.5) is 0 Å². The van der Waals surface area contributed by atoms with Crippen LogP contribution in [0.1, 0.15) is 36.1 Å². The third kappa shape index (κ3) is 4.01. The van der Waals surface area contributed by atoms with E-state index in [1.54, 1.807) is 0 Å². The first kappa shape index (κ1) is 20.3. The second kappa shape index (κ2) is 9.23. The number of amides is 1. The van der Waals surface area contributed by atoms with Crippen LogP contribution in [0.5, 0.6) is 0 Å². The van der Waals surface area contributed by atoms with E-state index in [9.17, 15) is 4.79 Å². The highest BCUT2D eigenvalue weighted by molar-refractivity contribution is 5.91. The van der Waals surface area contributed by atoms with Gasteiger partial charge in [0.2, 0.25) is 5.91 Å². The molecule has 30 heavy (non-hydrogen) atoms. The molecular weight excluding hydrogens is 370 g/mol. The number of carbonyl (C=O) groups excluding carboxylic acids is 1. The van der Waals surface area contributed by atoms with Crippen LogP contribution in [0.3, 0.4) is 0 Å². The Labute approximate surface area is 178 Å². The van der Waals surface area contributed by atoms with Gasteiger partial charge < -0.3 is 11.1 Å². The molecule has 2 aromatic carbocycles. The molecule has 3 N–H and O–H groups in total. The molecule has 1 aliphatic carbocycles. The van der Waals surface area contributed by atoms with E-state index in [0.29, 0.717) is 6.04 Å². The van der Waals surface area contributed by atoms with Crippen molar-refractivity contribution in [3.8, 4) is 0 Å². The van der Waals surface area contributed by atoms with Crippen molar-refractivity contribution in [2.45, 2.75) is 37.1 Å². The minimum absolute atomic E-state index is 0.159. The van der Waals surface area contributed by atoms with Crippen LogP contribution in [-0.2, 0) is 16.6 Å². The number of rotatable bonds is 8. The summed E-state index contributed by atoms with van der Waals surface area (Å²) in [6.45, 7) is 0.884. The maximum absolute atomic E-state index is 13.1. The summed E-state index contributed by atoms with van der Waals surface area (Å²) >= 11 is 0. The van der Waals surface area contributed by atoms with Gasteiger partial charge in [-0.15, -0.1) is 0 Å². The third-order valence-corrected chi connectivity index (χ3v) is 6.43. The molecule has 4 nitrogen and oxygen atoms in total. The number of benzene rings is 2. The van der Waals surface area contributed by atoms with E-state index in [-0.39, 0.29) is 11.8 Å². The molecule has 0 bridgehead atoms. The molecule has 1 amide bonds. The van der Waals surface area contributed by atoms with Crippen LogP contribution < -0.4 is 11.1 Å². The lowest BCUT2D eigenvalue weighted by Gasteiger charge is -2.37. The largest absolute Gasteiger partial charge is 0.369 e. The maximum atomic E-state index is 13.1. The molecule has 4 heteroatoms. The Morgan fingerprint density at radius 2 is 1.57 bits per heavy atom. The van der Waals surface area contributed by atoms with Gasteiger partial charge in [-0.3, -0.25) is 9.78 Å². The average molecular weight is 400 g/mol. The summed E-state index contributed by atoms with van der Waals surface area (Å²) in [6, 6.07) is 26.5. The van der Waals surface area contributed by atoms with Gasteiger partial charge in [0.05, 0.1) is 0 Å². The number of hydrogen-bond acceptors (Lipinski definition) is 3. The first-order chi connectivity index (χ1) is 14.7. The molecule has 0 saturated heterocycles. The Bertz CT molecular complexity index is 904. The number of primary amides is 1. The number of nitrogens with two attached hydrogens (primary N) is 1. The standard InChI is InChI=1S/C26H29N3O/c27-25(30)26(20-9-3-1-4-10-20,21-11-5-2-6-12-21)22-14-15-24(19-22)29-18-16-23-13-7-8-17-28-23/h1-13,17,22,24,29H,14-16,18-19H2,(H2,27,30). The van der Waals surface area contributed by atoms with E-state index < -0.39 is 5.41 Å². The lowest BCUT2D eigenvalue weighted by atomic mass is 9.64. The van der Waals surface area contributed by atoms with Crippen molar-refractivity contribution in [2.24, 2.45) is 11.7 Å². The second-order valence-corrected chi connectivity index (χ2v) is 8.14. The van der Waals surface area contributed by atoms with Gasteiger partial charge in [-0.1, -0.05) is 66.7 Å². The van der Waals surface area contributed by atoms with Crippen molar-refractivity contribution in [1.29, 1.82) is 0 Å². The zero-order valence-corrected chi connectivity index (χ0v) is 17.2. The van der Waals surface area contributed by atoms with Crippen LogP contribution in [0.25, 0.3) is 0 Å². The second-order valence-electron chi connectivity index (χ2n) is 8.14. The molecule has 1 aromatic heterocycles. The lowest BCUT2D eigenvalue weighted by molar-refractivity contribution is -0.123. The maximum Gasteiger partial charge on any atom is 0.232 e. The van der Waals surface area contributed by atoms with E-state index in [1.165, 1.54) is 0 Å². The number of hydrogen-bond donors (Lipinski definition) is 2. The smallest absolute Gasteiger partial charge is 0.232 e. The topological polar surface area (TPSA) is 68.0 Å². The van der Waals surface area contributed by atoms with Crippen LogP contribution in [0, 0.1) is 5.92 Å². The summed E-state index contributed by atoms with van der Waals surface area (Å²) in [5.74, 6) is -0.105. The predicted octanol–water partition coefficient (Wildman–Crippen LogP) is 3.85. The van der Waals surface area contributed by atoms with Gasteiger partial charge >= 0.3 is 0 Å². The number of carbonyl (C=O) groups is 1. The number of aromatic nitrogens is 1. The minimum Gasteiger partial charge on any atom is -0.369 e. The molecule has 0 aliphatic heterocycles. The van der Waals surface area contributed by atoms with Crippen molar-refractivity contribution in [2.75, 3.05) is 6.54 Å². The Morgan fingerprint density at radius 1 is 0.933 bits per heavy atom. The summed E-state index contributed by atoms with van der Waals surface area (Å²) in [4.78, 5) is 17.5. The summed E-state index contributed by atoms with van der Waals surface area (Å²) < 4.78 is 0. The highest BCUT2D eigenvalue weighted by atomic mass is 16.1.